The maximum atomic E-state index is 10.1. The number of aryl methyl sites for hydroxylation is 1. The molecule has 36 heavy (non-hydrogen) atoms. The molecule has 0 N–H and O–H groups in total. The quantitative estimate of drug-likeness (QED) is 0.239. The summed E-state index contributed by atoms with van der Waals surface area (Å²) < 4.78 is 13.7. The number of hydrogen-bond donors (Lipinski definition) is 0. The van der Waals surface area contributed by atoms with E-state index in [2.05, 4.69) is 35.5 Å². The molecule has 0 unspecified atom stereocenters. The number of methoxy groups -OCH3 is 1. The lowest BCUT2D eigenvalue weighted by molar-refractivity contribution is 0.414. The fraction of sp³-hybridized carbons (Fsp3) is 0.0968. The Morgan fingerprint density at radius 2 is 1.53 bits per heavy atom. The van der Waals surface area contributed by atoms with Gasteiger partial charge in [0.2, 0.25) is 5.88 Å². The number of nitrogens with zero attached hydrogens (tertiary/aromatic N) is 3. The maximum absolute atomic E-state index is 10.1. The number of ether oxygens (including phenoxy) is 1. The highest BCUT2D eigenvalue weighted by Gasteiger charge is 2.22. The van der Waals surface area contributed by atoms with Gasteiger partial charge in [-0.1, -0.05) is 60.7 Å². The first-order valence-electron chi connectivity index (χ1n) is 11.7. The van der Waals surface area contributed by atoms with Crippen molar-refractivity contribution in [3.05, 3.63) is 114 Å². The first-order chi connectivity index (χ1) is 17.6. The second-order valence-electron chi connectivity index (χ2n) is 8.45. The van der Waals surface area contributed by atoms with Crippen molar-refractivity contribution >= 4 is 12.1 Å². The number of nitriles is 1. The van der Waals surface area contributed by atoms with Crippen LogP contribution in [0.3, 0.4) is 0 Å². The average Bonchev–Trinajstić information content (AvgIpc) is 3.44. The SMILES string of the molecule is COc1ccc(-n2c(C)cc(C=Nc3oc(-c4ccccc4)c(-c4ccccc4)c3C#N)c2C)cc1. The first kappa shape index (κ1) is 22.9. The van der Waals surface area contributed by atoms with E-state index in [1.54, 1.807) is 13.3 Å². The van der Waals surface area contributed by atoms with Gasteiger partial charge in [-0.2, -0.15) is 5.26 Å². The van der Waals surface area contributed by atoms with Crippen LogP contribution in [-0.2, 0) is 0 Å². The van der Waals surface area contributed by atoms with Crippen LogP contribution in [-0.4, -0.2) is 17.9 Å². The largest absolute Gasteiger partial charge is 0.497 e. The van der Waals surface area contributed by atoms with Gasteiger partial charge in [-0.05, 0) is 49.7 Å². The molecule has 0 atom stereocenters. The highest BCUT2D eigenvalue weighted by molar-refractivity contribution is 5.90. The summed E-state index contributed by atoms with van der Waals surface area (Å²) in [6.45, 7) is 4.11. The molecule has 0 saturated carbocycles. The first-order valence-corrected chi connectivity index (χ1v) is 11.7. The molecule has 0 amide bonds. The molecule has 0 aliphatic carbocycles. The van der Waals surface area contributed by atoms with Crippen LogP contribution in [0.2, 0.25) is 0 Å². The van der Waals surface area contributed by atoms with Gasteiger partial charge in [-0.25, -0.2) is 4.99 Å². The van der Waals surface area contributed by atoms with Gasteiger partial charge in [0, 0.05) is 40.0 Å². The fourth-order valence-corrected chi connectivity index (χ4v) is 4.46. The summed E-state index contributed by atoms with van der Waals surface area (Å²) in [5, 5.41) is 10.1. The lowest BCUT2D eigenvalue weighted by Crippen LogP contribution is -1.99. The topological polar surface area (TPSA) is 63.4 Å². The van der Waals surface area contributed by atoms with E-state index in [1.165, 1.54) is 0 Å². The monoisotopic (exact) mass is 471 g/mol. The van der Waals surface area contributed by atoms with E-state index >= 15 is 0 Å². The summed E-state index contributed by atoms with van der Waals surface area (Å²) in [6.07, 6.45) is 1.77. The molecule has 2 heterocycles. The number of aromatic nitrogens is 1. The van der Waals surface area contributed by atoms with Crippen LogP contribution in [0.25, 0.3) is 28.1 Å². The van der Waals surface area contributed by atoms with E-state index < -0.39 is 0 Å². The minimum atomic E-state index is 0.296. The predicted octanol–water partition coefficient (Wildman–Crippen LogP) is 7.65. The lowest BCUT2D eigenvalue weighted by Gasteiger charge is -2.10. The summed E-state index contributed by atoms with van der Waals surface area (Å²) in [5.74, 6) is 1.74. The third kappa shape index (κ3) is 4.21. The Morgan fingerprint density at radius 1 is 0.889 bits per heavy atom. The molecule has 0 saturated heterocycles. The number of rotatable bonds is 6. The zero-order chi connectivity index (χ0) is 25.1. The van der Waals surface area contributed by atoms with Crippen molar-refractivity contribution in [2.45, 2.75) is 13.8 Å². The third-order valence-electron chi connectivity index (χ3n) is 6.22. The Kier molecular flexibility index (Phi) is 6.25. The van der Waals surface area contributed by atoms with Gasteiger partial charge in [0.1, 0.15) is 23.1 Å². The summed E-state index contributed by atoms with van der Waals surface area (Å²) in [5.41, 5.74) is 7.08. The highest BCUT2D eigenvalue weighted by atomic mass is 16.5. The lowest BCUT2D eigenvalue weighted by atomic mass is 9.98. The number of benzene rings is 3. The Bertz CT molecular complexity index is 1570. The molecule has 0 spiro atoms. The van der Waals surface area contributed by atoms with Crippen LogP contribution in [0.15, 0.2) is 100 Å². The van der Waals surface area contributed by atoms with E-state index in [1.807, 2.05) is 84.9 Å². The molecular weight excluding hydrogens is 446 g/mol. The van der Waals surface area contributed by atoms with Crippen molar-refractivity contribution in [2.24, 2.45) is 4.99 Å². The van der Waals surface area contributed by atoms with Gasteiger partial charge < -0.3 is 13.7 Å². The van der Waals surface area contributed by atoms with Gasteiger partial charge in [-0.3, -0.25) is 0 Å². The molecule has 0 bridgehead atoms. The molecule has 2 aromatic heterocycles. The molecule has 0 aliphatic rings. The average molecular weight is 472 g/mol. The third-order valence-corrected chi connectivity index (χ3v) is 6.22. The molecule has 3 aromatic carbocycles. The van der Waals surface area contributed by atoms with Crippen molar-refractivity contribution in [1.29, 1.82) is 5.26 Å². The Balaban J connectivity index is 1.59. The zero-order valence-corrected chi connectivity index (χ0v) is 20.4. The van der Waals surface area contributed by atoms with E-state index in [-0.39, 0.29) is 0 Å². The molecule has 0 aliphatic heterocycles. The van der Waals surface area contributed by atoms with Crippen LogP contribution in [0.1, 0.15) is 22.5 Å². The fourth-order valence-electron chi connectivity index (χ4n) is 4.46. The van der Waals surface area contributed by atoms with Crippen LogP contribution >= 0.6 is 0 Å². The van der Waals surface area contributed by atoms with E-state index in [4.69, 9.17) is 9.15 Å². The van der Waals surface area contributed by atoms with Gasteiger partial charge in [-0.15, -0.1) is 0 Å². The van der Waals surface area contributed by atoms with Crippen molar-refractivity contribution < 1.29 is 9.15 Å². The van der Waals surface area contributed by atoms with Crippen molar-refractivity contribution in [3.63, 3.8) is 0 Å². The Hall–Kier alpha value is -4.82. The van der Waals surface area contributed by atoms with Crippen LogP contribution in [0.4, 0.5) is 5.88 Å². The summed E-state index contributed by atoms with van der Waals surface area (Å²) in [4.78, 5) is 4.67. The molecule has 0 radical (unpaired) electrons. The summed E-state index contributed by atoms with van der Waals surface area (Å²) in [6, 6.07) is 32.0. The van der Waals surface area contributed by atoms with Crippen LogP contribution < -0.4 is 4.74 Å². The normalized spacial score (nSPS) is 11.1. The Labute approximate surface area is 210 Å². The zero-order valence-electron chi connectivity index (χ0n) is 20.4. The van der Waals surface area contributed by atoms with Gasteiger partial charge in [0.05, 0.1) is 7.11 Å². The second-order valence-corrected chi connectivity index (χ2v) is 8.45. The van der Waals surface area contributed by atoms with Crippen molar-refractivity contribution in [3.8, 4) is 40.0 Å². The second kappa shape index (κ2) is 9.81. The smallest absolute Gasteiger partial charge is 0.238 e. The highest BCUT2D eigenvalue weighted by Crippen LogP contribution is 2.42. The summed E-state index contributed by atoms with van der Waals surface area (Å²) >= 11 is 0. The summed E-state index contributed by atoms with van der Waals surface area (Å²) in [7, 11) is 1.66. The predicted molar refractivity (Wildman–Crippen MR) is 143 cm³/mol. The molecule has 0 fully saturated rings. The number of furan rings is 1. The number of aliphatic imine (C=N–C) groups is 1. The minimum Gasteiger partial charge on any atom is -0.497 e. The van der Waals surface area contributed by atoms with E-state index in [9.17, 15) is 5.26 Å². The van der Waals surface area contributed by atoms with Gasteiger partial charge >= 0.3 is 0 Å². The van der Waals surface area contributed by atoms with Crippen molar-refractivity contribution in [1.82, 2.24) is 4.57 Å². The van der Waals surface area contributed by atoms with E-state index in [0.717, 1.165) is 45.1 Å². The molecule has 5 heteroatoms. The van der Waals surface area contributed by atoms with E-state index in [0.29, 0.717) is 17.2 Å². The maximum Gasteiger partial charge on any atom is 0.238 e. The van der Waals surface area contributed by atoms with Gasteiger partial charge in [0.25, 0.3) is 0 Å². The van der Waals surface area contributed by atoms with Crippen LogP contribution in [0.5, 0.6) is 5.75 Å². The van der Waals surface area contributed by atoms with Crippen molar-refractivity contribution in [2.75, 3.05) is 7.11 Å². The molecule has 5 rings (SSSR count). The molecular formula is C31H25N3O2. The minimum absolute atomic E-state index is 0.296. The molecule has 176 valence electrons. The standard InChI is InChI=1S/C31H25N3O2/c1-21-18-25(22(2)34(21)26-14-16-27(35-3)17-15-26)20-33-31-28(19-32)29(23-10-6-4-7-11-23)30(36-31)24-12-8-5-9-13-24/h4-18,20H,1-3H3. The molecule has 5 aromatic rings. The number of hydrogen-bond acceptors (Lipinski definition) is 4. The van der Waals surface area contributed by atoms with Crippen LogP contribution in [0, 0.1) is 25.2 Å². The van der Waals surface area contributed by atoms with Gasteiger partial charge in [0.15, 0.2) is 0 Å². The Morgan fingerprint density at radius 3 is 2.14 bits per heavy atom. The molecule has 5 nitrogen and oxygen atoms in total.